The van der Waals surface area contributed by atoms with Gasteiger partial charge >= 0.3 is 0 Å². The van der Waals surface area contributed by atoms with Gasteiger partial charge in [0, 0.05) is 75.4 Å². The molecule has 5 fully saturated rings. The Labute approximate surface area is 219 Å². The van der Waals surface area contributed by atoms with Crippen molar-refractivity contribution in [2.24, 2.45) is 0 Å². The molecule has 3 atom stereocenters. The lowest BCUT2D eigenvalue weighted by Crippen LogP contribution is -2.57. The molecule has 1 amide bonds. The number of nitrogens with zero attached hydrogens (tertiary/aromatic N) is 4. The Morgan fingerprint density at radius 1 is 0.973 bits per heavy atom. The maximum atomic E-state index is 13.7. The molecule has 4 saturated heterocycles. The van der Waals surface area contributed by atoms with Crippen LogP contribution in [-0.2, 0) is 14.9 Å². The highest BCUT2D eigenvalue weighted by atomic mass is 32.2. The summed E-state index contributed by atoms with van der Waals surface area (Å²) in [5.74, 6) is 0.982. The zero-order chi connectivity index (χ0) is 25.4. The van der Waals surface area contributed by atoms with Crippen molar-refractivity contribution >= 4 is 16.1 Å². The van der Waals surface area contributed by atoms with Crippen LogP contribution >= 0.6 is 0 Å². The second kappa shape index (κ2) is 10.9. The summed E-state index contributed by atoms with van der Waals surface area (Å²) >= 11 is 0. The van der Waals surface area contributed by atoms with Crippen molar-refractivity contribution in [1.82, 2.24) is 29.3 Å². The lowest BCUT2D eigenvalue weighted by Gasteiger charge is -2.42. The number of amides is 1. The molecule has 37 heavy (non-hydrogen) atoms. The van der Waals surface area contributed by atoms with Gasteiger partial charge in [0.25, 0.3) is 16.1 Å². The van der Waals surface area contributed by atoms with Crippen LogP contribution in [0.1, 0.15) is 73.5 Å². The van der Waals surface area contributed by atoms with Crippen LogP contribution in [0.5, 0.6) is 0 Å². The number of morpholine rings is 1. The van der Waals surface area contributed by atoms with Crippen LogP contribution in [0.25, 0.3) is 0 Å². The average Bonchev–Trinajstić information content (AvgIpc) is 3.56. The molecule has 11 nitrogen and oxygen atoms in total. The molecule has 0 radical (unpaired) electrons. The first kappa shape index (κ1) is 25.7. The molecule has 5 heterocycles. The van der Waals surface area contributed by atoms with E-state index in [0.717, 1.165) is 83.7 Å². The molecule has 6 rings (SSSR count). The zero-order valence-corrected chi connectivity index (χ0v) is 22.3. The molecular formula is C25H40N6O5S. The molecule has 1 aromatic rings. The van der Waals surface area contributed by atoms with E-state index in [1.807, 2.05) is 0 Å². The number of rotatable bonds is 9. The Kier molecular flexibility index (Phi) is 7.57. The fourth-order valence-electron chi connectivity index (χ4n) is 6.52. The van der Waals surface area contributed by atoms with Crippen LogP contribution in [0, 0.1) is 0 Å². The number of carbonyl (C=O) groups is 1. The first-order valence-corrected chi connectivity index (χ1v) is 15.5. The average molecular weight is 537 g/mol. The van der Waals surface area contributed by atoms with Crippen molar-refractivity contribution in [3.8, 4) is 0 Å². The summed E-state index contributed by atoms with van der Waals surface area (Å²) in [5.41, 5.74) is 0.325. The van der Waals surface area contributed by atoms with Crippen molar-refractivity contribution in [3.05, 3.63) is 17.5 Å². The maximum absolute atomic E-state index is 13.7. The van der Waals surface area contributed by atoms with E-state index in [9.17, 15) is 13.2 Å². The Balaban J connectivity index is 0.979. The first-order valence-electron chi connectivity index (χ1n) is 14.1. The highest BCUT2D eigenvalue weighted by Gasteiger charge is 2.49. The maximum Gasteiger partial charge on any atom is 0.282 e. The van der Waals surface area contributed by atoms with Crippen LogP contribution in [0.4, 0.5) is 0 Å². The number of aromatic nitrogens is 1. The van der Waals surface area contributed by atoms with Gasteiger partial charge in [-0.15, -0.1) is 0 Å². The highest BCUT2D eigenvalue weighted by Crippen LogP contribution is 2.41. The largest absolute Gasteiger partial charge is 0.379 e. The molecule has 0 unspecified atom stereocenters. The van der Waals surface area contributed by atoms with E-state index in [-0.39, 0.29) is 24.0 Å². The summed E-state index contributed by atoms with van der Waals surface area (Å²) in [7, 11) is -3.51. The normalized spacial score (nSPS) is 30.5. The van der Waals surface area contributed by atoms with E-state index < -0.39 is 10.2 Å². The minimum Gasteiger partial charge on any atom is -0.379 e. The summed E-state index contributed by atoms with van der Waals surface area (Å²) in [6.45, 7) is 6.65. The first-order chi connectivity index (χ1) is 18.0. The second-order valence-electron chi connectivity index (χ2n) is 11.3. The highest BCUT2D eigenvalue weighted by molar-refractivity contribution is 7.86. The molecule has 2 bridgehead atoms. The molecule has 5 aliphatic rings. The third-order valence-corrected chi connectivity index (χ3v) is 10.9. The quantitative estimate of drug-likeness (QED) is 0.478. The molecule has 0 spiro atoms. The van der Waals surface area contributed by atoms with Gasteiger partial charge in [0.05, 0.1) is 13.2 Å². The van der Waals surface area contributed by atoms with Gasteiger partial charge in [-0.2, -0.15) is 17.0 Å². The van der Waals surface area contributed by atoms with E-state index in [1.54, 1.807) is 14.7 Å². The predicted octanol–water partition coefficient (Wildman–Crippen LogP) is 0.908. The van der Waals surface area contributed by atoms with Crippen LogP contribution < -0.4 is 10.6 Å². The fourth-order valence-corrected chi connectivity index (χ4v) is 8.60. The van der Waals surface area contributed by atoms with Crippen molar-refractivity contribution < 1.29 is 22.5 Å². The Bertz CT molecular complexity index is 1030. The molecule has 206 valence electrons. The summed E-state index contributed by atoms with van der Waals surface area (Å²) in [6, 6.07) is 1.96. The number of ether oxygens (including phenoxy) is 1. The third-order valence-electron chi connectivity index (χ3n) is 8.75. The predicted molar refractivity (Wildman–Crippen MR) is 136 cm³/mol. The molecule has 4 aliphatic heterocycles. The number of piperidine rings is 2. The van der Waals surface area contributed by atoms with Gasteiger partial charge in [-0.3, -0.25) is 9.69 Å². The summed E-state index contributed by atoms with van der Waals surface area (Å²) in [5, 5.41) is 10.7. The topological polar surface area (TPSA) is 120 Å². The van der Waals surface area contributed by atoms with Crippen molar-refractivity contribution in [2.45, 2.75) is 81.5 Å². The van der Waals surface area contributed by atoms with E-state index >= 15 is 0 Å². The summed E-state index contributed by atoms with van der Waals surface area (Å²) < 4.78 is 41.5. The van der Waals surface area contributed by atoms with Gasteiger partial charge in [-0.1, -0.05) is 5.16 Å². The molecule has 1 aromatic heterocycles. The molecule has 12 heteroatoms. The SMILES string of the molecule is O=C(N[C@H]1C[C@H]2CC[C@@H](C1)N2S(=O)(=O)N1CCC(NCCN2CCOCC2)CC1)c1cc(C2CC2)on1. The van der Waals surface area contributed by atoms with Gasteiger partial charge in [0.2, 0.25) is 0 Å². The standard InChI is InChI=1S/C25H40N6O5S/c32-25(23-17-24(36-28-23)18-1-2-18)27-20-15-21-3-4-22(16-20)31(21)37(33,34)30-8-5-19(6-9-30)26-7-10-29-11-13-35-14-12-29/h17-22,26H,1-16H2,(H,27,32)/t20-,21+,22-. The Hall–Kier alpha value is -1.57. The van der Waals surface area contributed by atoms with Gasteiger partial charge in [0.15, 0.2) is 5.69 Å². The van der Waals surface area contributed by atoms with E-state index in [4.69, 9.17) is 9.26 Å². The minimum atomic E-state index is -3.51. The fraction of sp³-hybridized carbons (Fsp3) is 0.840. The van der Waals surface area contributed by atoms with E-state index in [2.05, 4.69) is 20.7 Å². The molecular weight excluding hydrogens is 496 g/mol. The number of fused-ring (bicyclic) bond motifs is 2. The van der Waals surface area contributed by atoms with Crippen LogP contribution in [-0.4, -0.2) is 110 Å². The van der Waals surface area contributed by atoms with Gasteiger partial charge in [0.1, 0.15) is 5.76 Å². The van der Waals surface area contributed by atoms with Crippen LogP contribution in [0.3, 0.4) is 0 Å². The van der Waals surface area contributed by atoms with Crippen LogP contribution in [0.2, 0.25) is 0 Å². The van der Waals surface area contributed by atoms with Crippen molar-refractivity contribution in [2.75, 3.05) is 52.5 Å². The number of nitrogens with one attached hydrogen (secondary N) is 2. The lowest BCUT2D eigenvalue weighted by atomic mass is 9.99. The molecule has 0 aromatic carbocycles. The van der Waals surface area contributed by atoms with Gasteiger partial charge in [-0.25, -0.2) is 0 Å². The smallest absolute Gasteiger partial charge is 0.282 e. The second-order valence-corrected chi connectivity index (χ2v) is 13.2. The number of carbonyl (C=O) groups excluding carboxylic acids is 1. The summed E-state index contributed by atoms with van der Waals surface area (Å²) in [6.07, 6.45) is 6.86. The third kappa shape index (κ3) is 5.74. The summed E-state index contributed by atoms with van der Waals surface area (Å²) in [4.78, 5) is 15.1. The van der Waals surface area contributed by atoms with Gasteiger partial charge in [-0.05, 0) is 51.4 Å². The molecule has 1 saturated carbocycles. The monoisotopic (exact) mass is 536 g/mol. The molecule has 2 N–H and O–H groups in total. The Morgan fingerprint density at radius 2 is 1.68 bits per heavy atom. The minimum absolute atomic E-state index is 0.0427. The zero-order valence-electron chi connectivity index (χ0n) is 21.5. The van der Waals surface area contributed by atoms with Gasteiger partial charge < -0.3 is 19.9 Å². The van der Waals surface area contributed by atoms with Crippen molar-refractivity contribution in [3.63, 3.8) is 0 Å². The lowest BCUT2D eigenvalue weighted by molar-refractivity contribution is 0.0379. The van der Waals surface area contributed by atoms with Crippen molar-refractivity contribution in [1.29, 1.82) is 0 Å². The van der Waals surface area contributed by atoms with E-state index in [0.29, 0.717) is 43.6 Å². The number of hydrogen-bond donors (Lipinski definition) is 2. The number of hydrogen-bond acceptors (Lipinski definition) is 8. The molecule has 1 aliphatic carbocycles. The van der Waals surface area contributed by atoms with Crippen LogP contribution in [0.15, 0.2) is 10.6 Å². The van der Waals surface area contributed by atoms with E-state index in [1.165, 1.54) is 0 Å². The Morgan fingerprint density at radius 3 is 2.35 bits per heavy atom.